The van der Waals surface area contributed by atoms with E-state index in [0.717, 1.165) is 5.69 Å². The third-order valence-electron chi connectivity index (χ3n) is 3.87. The molecule has 0 aliphatic carbocycles. The molecule has 1 aromatic carbocycles. The lowest BCUT2D eigenvalue weighted by Crippen LogP contribution is -2.13. The molecule has 26 heavy (non-hydrogen) atoms. The van der Waals surface area contributed by atoms with Crippen molar-refractivity contribution in [2.45, 2.75) is 10.9 Å². The number of hydrogen-bond donors (Lipinski definition) is 1. The number of H-pyrrole nitrogens is 1. The molecule has 0 bridgehead atoms. The number of benzene rings is 1. The zero-order chi connectivity index (χ0) is 18.8. The van der Waals surface area contributed by atoms with Crippen LogP contribution in [0, 0.1) is 0 Å². The summed E-state index contributed by atoms with van der Waals surface area (Å²) in [6.07, 6.45) is 1.65. The van der Waals surface area contributed by atoms with Gasteiger partial charge in [-0.3, -0.25) is 9.97 Å². The number of anilines is 1. The number of nitrogens with one attached hydrogen (secondary N) is 1. The van der Waals surface area contributed by atoms with Crippen LogP contribution in [0.1, 0.15) is 5.69 Å². The number of pyridine rings is 1. The van der Waals surface area contributed by atoms with Gasteiger partial charge in [-0.25, -0.2) is 0 Å². The van der Waals surface area contributed by atoms with Crippen LogP contribution in [0.2, 0.25) is 5.02 Å². The molecular weight excluding hydrogens is 376 g/mol. The maximum absolute atomic E-state index is 12.8. The summed E-state index contributed by atoms with van der Waals surface area (Å²) in [7, 11) is 6.90. The van der Waals surface area contributed by atoms with Crippen molar-refractivity contribution in [3.05, 3.63) is 35.1 Å². The highest BCUT2D eigenvalue weighted by Crippen LogP contribution is 2.32. The summed E-state index contributed by atoms with van der Waals surface area (Å²) < 4.78 is 23.3. The first kappa shape index (κ1) is 18.6. The maximum atomic E-state index is 12.8. The van der Waals surface area contributed by atoms with Gasteiger partial charge in [-0.1, -0.05) is 11.6 Å². The molecule has 0 radical (unpaired) electrons. The van der Waals surface area contributed by atoms with E-state index in [9.17, 15) is 4.55 Å². The van der Waals surface area contributed by atoms with Crippen LogP contribution in [-0.4, -0.2) is 47.8 Å². The Balaban J connectivity index is 1.91. The minimum Gasteiger partial charge on any atom is -0.609 e. The van der Waals surface area contributed by atoms with Crippen LogP contribution in [0.3, 0.4) is 0 Å². The first-order chi connectivity index (χ1) is 12.4. The van der Waals surface area contributed by atoms with Crippen molar-refractivity contribution in [2.75, 3.05) is 33.2 Å². The van der Waals surface area contributed by atoms with Crippen LogP contribution < -0.4 is 14.4 Å². The molecule has 1 unspecified atom stereocenters. The number of imidazole rings is 1. The number of halogens is 1. The highest BCUT2D eigenvalue weighted by atomic mass is 35.5. The molecule has 0 spiro atoms. The lowest BCUT2D eigenvalue weighted by molar-refractivity contribution is 0.356. The molecule has 3 rings (SSSR count). The van der Waals surface area contributed by atoms with Crippen LogP contribution in [0.15, 0.2) is 29.6 Å². The summed E-state index contributed by atoms with van der Waals surface area (Å²) >= 11 is 4.96. The van der Waals surface area contributed by atoms with Gasteiger partial charge in [0, 0.05) is 43.6 Å². The average Bonchev–Trinajstić information content (AvgIpc) is 3.04. The molecule has 3 aromatic rings. The van der Waals surface area contributed by atoms with Crippen molar-refractivity contribution < 1.29 is 14.0 Å². The highest BCUT2D eigenvalue weighted by molar-refractivity contribution is 7.90. The van der Waals surface area contributed by atoms with Crippen molar-refractivity contribution in [1.82, 2.24) is 15.0 Å². The number of aromatic amines is 1. The van der Waals surface area contributed by atoms with Crippen LogP contribution in [0.25, 0.3) is 11.0 Å². The molecule has 0 aliphatic rings. The van der Waals surface area contributed by atoms with Gasteiger partial charge in [0.1, 0.15) is 5.69 Å². The van der Waals surface area contributed by atoms with Gasteiger partial charge in [0.25, 0.3) is 0 Å². The molecule has 0 amide bonds. The Hall–Kier alpha value is -2.16. The van der Waals surface area contributed by atoms with Crippen LogP contribution in [0.5, 0.6) is 11.5 Å². The molecule has 7 nitrogen and oxygen atoms in total. The summed E-state index contributed by atoms with van der Waals surface area (Å²) in [6.45, 7) is 0. The number of fused-ring (bicyclic) bond motifs is 1. The van der Waals surface area contributed by atoms with E-state index < -0.39 is 11.2 Å². The van der Waals surface area contributed by atoms with Crippen molar-refractivity contribution in [3.63, 3.8) is 0 Å². The molecule has 0 fully saturated rings. The quantitative estimate of drug-likeness (QED) is 0.647. The van der Waals surface area contributed by atoms with E-state index in [4.69, 9.17) is 21.1 Å². The molecule has 2 aromatic heterocycles. The second-order valence-electron chi connectivity index (χ2n) is 5.74. The van der Waals surface area contributed by atoms with Crippen molar-refractivity contribution in [3.8, 4) is 11.5 Å². The summed E-state index contributed by atoms with van der Waals surface area (Å²) in [5.74, 6) is 1.30. The van der Waals surface area contributed by atoms with Crippen LogP contribution in [-0.2, 0) is 16.9 Å². The fourth-order valence-electron chi connectivity index (χ4n) is 2.54. The smallest absolute Gasteiger partial charge is 0.322 e. The van der Waals surface area contributed by atoms with E-state index in [1.165, 1.54) is 0 Å². The van der Waals surface area contributed by atoms with Gasteiger partial charge in [0.05, 0.1) is 36.0 Å². The third-order valence-corrected chi connectivity index (χ3v) is 5.44. The van der Waals surface area contributed by atoms with Gasteiger partial charge >= 0.3 is 5.16 Å². The first-order valence-corrected chi connectivity index (χ1v) is 9.45. The standard InChI is InChI=1S/C17H19ClN4O3S/c1-22(2)13-5-6-19-12(16(13)18)9-26(23)17-20-10-7-14(24-3)15(25-4)8-11(10)21-17/h5-8H,9H2,1-4H3,(H,20,21). The lowest BCUT2D eigenvalue weighted by atomic mass is 10.3. The Labute approximate surface area is 159 Å². The van der Waals surface area contributed by atoms with Gasteiger partial charge in [-0.15, -0.1) is 0 Å². The lowest BCUT2D eigenvalue weighted by Gasteiger charge is -2.16. The minimum atomic E-state index is -1.43. The van der Waals surface area contributed by atoms with E-state index in [1.54, 1.807) is 32.5 Å². The first-order valence-electron chi connectivity index (χ1n) is 7.75. The van der Waals surface area contributed by atoms with Gasteiger partial charge < -0.3 is 18.9 Å². The number of ether oxygens (including phenoxy) is 2. The summed E-state index contributed by atoms with van der Waals surface area (Å²) in [4.78, 5) is 13.6. The van der Waals surface area contributed by atoms with Crippen LogP contribution in [0.4, 0.5) is 5.69 Å². The molecule has 1 N–H and O–H groups in total. The Bertz CT molecular complexity index is 891. The number of hydrogen-bond acceptors (Lipinski definition) is 6. The molecule has 0 aliphatic heterocycles. The minimum absolute atomic E-state index is 0.161. The molecule has 1 atom stereocenters. The fraction of sp³-hybridized carbons (Fsp3) is 0.294. The number of rotatable bonds is 6. The zero-order valence-electron chi connectivity index (χ0n) is 14.9. The zero-order valence-corrected chi connectivity index (χ0v) is 16.4. The van der Waals surface area contributed by atoms with Crippen molar-refractivity contribution in [2.24, 2.45) is 0 Å². The van der Waals surface area contributed by atoms with Crippen molar-refractivity contribution in [1.29, 1.82) is 0 Å². The van der Waals surface area contributed by atoms with Gasteiger partial charge in [0.2, 0.25) is 0 Å². The van der Waals surface area contributed by atoms with Gasteiger partial charge in [-0.2, -0.15) is 4.98 Å². The fourth-order valence-corrected chi connectivity index (χ4v) is 3.99. The topological polar surface area (TPSA) is 86.3 Å². The van der Waals surface area contributed by atoms with Gasteiger partial charge in [-0.05, 0) is 6.07 Å². The molecule has 0 saturated heterocycles. The number of aromatic nitrogens is 3. The van der Waals surface area contributed by atoms with E-state index in [1.807, 2.05) is 25.1 Å². The van der Waals surface area contributed by atoms with Crippen LogP contribution >= 0.6 is 11.6 Å². The molecular formula is C17H19ClN4O3S. The predicted molar refractivity (Wildman–Crippen MR) is 103 cm³/mol. The normalized spacial score (nSPS) is 12.2. The Morgan fingerprint density at radius 1 is 1.23 bits per heavy atom. The molecule has 9 heteroatoms. The predicted octanol–water partition coefficient (Wildman–Crippen LogP) is 3.00. The molecule has 2 heterocycles. The Morgan fingerprint density at radius 2 is 1.92 bits per heavy atom. The van der Waals surface area contributed by atoms with E-state index in [0.29, 0.717) is 38.4 Å². The summed E-state index contributed by atoms with van der Waals surface area (Å²) in [5, 5.41) is 0.841. The monoisotopic (exact) mass is 394 g/mol. The van der Waals surface area contributed by atoms with Crippen molar-refractivity contribution >= 4 is 39.5 Å². The third kappa shape index (κ3) is 3.53. The highest BCUT2D eigenvalue weighted by Gasteiger charge is 2.22. The molecule has 138 valence electrons. The Kier molecular flexibility index (Phi) is 5.45. The second kappa shape index (κ2) is 7.61. The van der Waals surface area contributed by atoms with E-state index >= 15 is 0 Å². The number of methoxy groups -OCH3 is 2. The van der Waals surface area contributed by atoms with Gasteiger partial charge in [0.15, 0.2) is 17.3 Å². The SMILES string of the molecule is COc1cc2nc([S+]([O-])Cc3nccc(N(C)C)c3Cl)[nH]c2cc1OC. The summed E-state index contributed by atoms with van der Waals surface area (Å²) in [5.41, 5.74) is 2.75. The Morgan fingerprint density at radius 3 is 2.58 bits per heavy atom. The van der Waals surface area contributed by atoms with E-state index in [-0.39, 0.29) is 5.75 Å². The largest absolute Gasteiger partial charge is 0.609 e. The van der Waals surface area contributed by atoms with E-state index in [2.05, 4.69) is 15.0 Å². The number of nitrogens with zero attached hydrogens (tertiary/aromatic N) is 3. The second-order valence-corrected chi connectivity index (χ2v) is 7.49. The summed E-state index contributed by atoms with van der Waals surface area (Å²) in [6, 6.07) is 5.32. The average molecular weight is 395 g/mol. The maximum Gasteiger partial charge on any atom is 0.322 e. The molecule has 0 saturated carbocycles.